The van der Waals surface area contributed by atoms with Gasteiger partial charge in [0.05, 0.1) is 12.5 Å². The van der Waals surface area contributed by atoms with Crippen LogP contribution in [0.3, 0.4) is 0 Å². The van der Waals surface area contributed by atoms with Crippen LogP contribution in [0.1, 0.15) is 33.1 Å². The van der Waals surface area contributed by atoms with Crippen molar-refractivity contribution >= 4 is 11.8 Å². The van der Waals surface area contributed by atoms with E-state index in [2.05, 4.69) is 29.2 Å². The predicted octanol–water partition coefficient (Wildman–Crippen LogP) is 0.679. The first-order valence-corrected chi connectivity index (χ1v) is 7.94. The van der Waals surface area contributed by atoms with Gasteiger partial charge in [-0.3, -0.25) is 14.3 Å². The van der Waals surface area contributed by atoms with E-state index in [1.807, 2.05) is 0 Å². The Morgan fingerprint density at radius 2 is 2.23 bits per heavy atom. The number of aryl methyl sites for hydroxylation is 1. The summed E-state index contributed by atoms with van der Waals surface area (Å²) < 4.78 is 1.65. The molecule has 2 rings (SSSR count). The minimum atomic E-state index is -0.0807. The maximum Gasteiger partial charge on any atom is 0.224 e. The number of likely N-dealkylation sites (tertiary alicyclic amines) is 1. The number of amides is 2. The lowest BCUT2D eigenvalue weighted by Gasteiger charge is -2.32. The molecule has 0 unspecified atom stereocenters. The standard InChI is InChI=1S/C15H25N5O2/c1-12(2)8-17-15(22)13-4-3-6-19(9-13)14(21)5-7-20-11-16-10-18-20/h10-13H,3-9H2,1-2H3,(H,17,22)/t13-/m0/s1. The van der Waals surface area contributed by atoms with Crippen molar-refractivity contribution in [3.63, 3.8) is 0 Å². The summed E-state index contributed by atoms with van der Waals surface area (Å²) >= 11 is 0. The second-order valence-corrected chi connectivity index (χ2v) is 6.23. The van der Waals surface area contributed by atoms with Gasteiger partial charge in [0.1, 0.15) is 12.7 Å². The van der Waals surface area contributed by atoms with Gasteiger partial charge >= 0.3 is 0 Å². The average Bonchev–Trinajstić information content (AvgIpc) is 3.03. The van der Waals surface area contributed by atoms with E-state index in [-0.39, 0.29) is 17.7 Å². The summed E-state index contributed by atoms with van der Waals surface area (Å²) in [6.45, 7) is 6.63. The Balaban J connectivity index is 1.79. The van der Waals surface area contributed by atoms with E-state index in [0.717, 1.165) is 19.4 Å². The molecule has 0 radical (unpaired) electrons. The molecule has 1 fully saturated rings. The molecule has 1 N–H and O–H groups in total. The molecule has 0 saturated carbocycles. The van der Waals surface area contributed by atoms with Gasteiger partial charge in [0, 0.05) is 26.1 Å². The maximum absolute atomic E-state index is 12.3. The fourth-order valence-corrected chi connectivity index (χ4v) is 2.58. The van der Waals surface area contributed by atoms with Crippen molar-refractivity contribution in [2.24, 2.45) is 11.8 Å². The van der Waals surface area contributed by atoms with E-state index in [1.165, 1.54) is 6.33 Å². The number of carbonyl (C=O) groups is 2. The molecule has 1 atom stereocenters. The van der Waals surface area contributed by atoms with E-state index in [9.17, 15) is 9.59 Å². The van der Waals surface area contributed by atoms with Crippen LogP contribution in [-0.4, -0.2) is 51.1 Å². The Labute approximate surface area is 131 Å². The summed E-state index contributed by atoms with van der Waals surface area (Å²) in [5, 5.41) is 6.95. The molecular formula is C15H25N5O2. The summed E-state index contributed by atoms with van der Waals surface area (Å²) in [4.78, 5) is 30.1. The highest BCUT2D eigenvalue weighted by Crippen LogP contribution is 2.17. The van der Waals surface area contributed by atoms with Crippen molar-refractivity contribution in [2.75, 3.05) is 19.6 Å². The summed E-state index contributed by atoms with van der Waals surface area (Å²) in [5.41, 5.74) is 0. The molecule has 0 spiro atoms. The van der Waals surface area contributed by atoms with Crippen LogP contribution in [0, 0.1) is 11.8 Å². The van der Waals surface area contributed by atoms with Gasteiger partial charge in [0.25, 0.3) is 0 Å². The zero-order valence-electron chi connectivity index (χ0n) is 13.4. The van der Waals surface area contributed by atoms with Crippen LogP contribution >= 0.6 is 0 Å². The smallest absolute Gasteiger partial charge is 0.224 e. The highest BCUT2D eigenvalue weighted by Gasteiger charge is 2.28. The Bertz CT molecular complexity index is 486. The molecule has 1 aliphatic rings. The number of hydrogen-bond acceptors (Lipinski definition) is 4. The van der Waals surface area contributed by atoms with Crippen LogP contribution in [0.15, 0.2) is 12.7 Å². The topological polar surface area (TPSA) is 80.1 Å². The second-order valence-electron chi connectivity index (χ2n) is 6.23. The van der Waals surface area contributed by atoms with Gasteiger partial charge in [-0.15, -0.1) is 0 Å². The van der Waals surface area contributed by atoms with E-state index < -0.39 is 0 Å². The minimum Gasteiger partial charge on any atom is -0.356 e. The molecule has 7 nitrogen and oxygen atoms in total. The summed E-state index contributed by atoms with van der Waals surface area (Å²) in [6.07, 6.45) is 5.20. The number of rotatable bonds is 6. The number of carbonyl (C=O) groups excluding carboxylic acids is 2. The Hall–Kier alpha value is -1.92. The Kier molecular flexibility index (Phi) is 5.91. The van der Waals surface area contributed by atoms with E-state index >= 15 is 0 Å². The first kappa shape index (κ1) is 16.5. The number of hydrogen-bond donors (Lipinski definition) is 1. The molecule has 122 valence electrons. The Morgan fingerprint density at radius 1 is 1.41 bits per heavy atom. The SMILES string of the molecule is CC(C)CNC(=O)[C@H]1CCCN(C(=O)CCn2cncn2)C1. The minimum absolute atomic E-state index is 0.0717. The van der Waals surface area contributed by atoms with Crippen LogP contribution in [0.5, 0.6) is 0 Å². The molecule has 1 aromatic rings. The van der Waals surface area contributed by atoms with Crippen LogP contribution in [0.4, 0.5) is 0 Å². The van der Waals surface area contributed by atoms with Gasteiger partial charge in [-0.2, -0.15) is 5.10 Å². The normalized spacial score (nSPS) is 18.5. The van der Waals surface area contributed by atoms with E-state index in [0.29, 0.717) is 32.0 Å². The quantitative estimate of drug-likeness (QED) is 0.838. The first-order chi connectivity index (χ1) is 10.6. The van der Waals surface area contributed by atoms with Gasteiger partial charge in [-0.05, 0) is 18.8 Å². The highest BCUT2D eigenvalue weighted by atomic mass is 16.2. The molecule has 22 heavy (non-hydrogen) atoms. The number of nitrogens with zero attached hydrogens (tertiary/aromatic N) is 4. The van der Waals surface area contributed by atoms with Crippen molar-refractivity contribution in [1.82, 2.24) is 25.0 Å². The molecule has 1 aromatic heterocycles. The van der Waals surface area contributed by atoms with Gasteiger partial charge in [-0.1, -0.05) is 13.8 Å². The van der Waals surface area contributed by atoms with Crippen LogP contribution in [-0.2, 0) is 16.1 Å². The molecule has 0 bridgehead atoms. The largest absolute Gasteiger partial charge is 0.356 e. The monoisotopic (exact) mass is 307 g/mol. The van der Waals surface area contributed by atoms with Gasteiger partial charge in [0.15, 0.2) is 0 Å². The first-order valence-electron chi connectivity index (χ1n) is 7.94. The van der Waals surface area contributed by atoms with Crippen molar-refractivity contribution < 1.29 is 9.59 Å². The lowest BCUT2D eigenvalue weighted by atomic mass is 9.96. The van der Waals surface area contributed by atoms with Crippen molar-refractivity contribution in [3.8, 4) is 0 Å². The molecule has 2 amide bonds. The second kappa shape index (κ2) is 7.91. The fourth-order valence-electron chi connectivity index (χ4n) is 2.58. The van der Waals surface area contributed by atoms with Crippen LogP contribution < -0.4 is 5.32 Å². The highest BCUT2D eigenvalue weighted by molar-refractivity contribution is 5.81. The third-order valence-corrected chi connectivity index (χ3v) is 3.85. The van der Waals surface area contributed by atoms with Gasteiger partial charge < -0.3 is 10.2 Å². The van der Waals surface area contributed by atoms with Crippen molar-refractivity contribution in [2.45, 2.75) is 39.7 Å². The summed E-state index contributed by atoms with van der Waals surface area (Å²) in [7, 11) is 0. The molecule has 7 heteroatoms. The fraction of sp³-hybridized carbons (Fsp3) is 0.733. The van der Waals surface area contributed by atoms with Gasteiger partial charge in [-0.25, -0.2) is 4.98 Å². The van der Waals surface area contributed by atoms with E-state index in [1.54, 1.807) is 15.9 Å². The van der Waals surface area contributed by atoms with Crippen molar-refractivity contribution in [1.29, 1.82) is 0 Å². The molecule has 0 aromatic carbocycles. The number of nitrogens with one attached hydrogen (secondary N) is 1. The third-order valence-electron chi connectivity index (χ3n) is 3.85. The Morgan fingerprint density at radius 3 is 2.91 bits per heavy atom. The number of piperidine rings is 1. The predicted molar refractivity (Wildman–Crippen MR) is 81.8 cm³/mol. The zero-order valence-corrected chi connectivity index (χ0v) is 13.4. The van der Waals surface area contributed by atoms with Crippen LogP contribution in [0.2, 0.25) is 0 Å². The van der Waals surface area contributed by atoms with Gasteiger partial charge in [0.2, 0.25) is 11.8 Å². The lowest BCUT2D eigenvalue weighted by Crippen LogP contribution is -2.46. The van der Waals surface area contributed by atoms with E-state index in [4.69, 9.17) is 0 Å². The zero-order chi connectivity index (χ0) is 15.9. The number of aromatic nitrogens is 3. The summed E-state index contributed by atoms with van der Waals surface area (Å²) in [6, 6.07) is 0. The average molecular weight is 307 g/mol. The molecular weight excluding hydrogens is 282 g/mol. The third kappa shape index (κ3) is 4.82. The molecule has 2 heterocycles. The maximum atomic E-state index is 12.3. The van der Waals surface area contributed by atoms with Crippen molar-refractivity contribution in [3.05, 3.63) is 12.7 Å². The molecule has 0 aliphatic carbocycles. The molecule has 1 saturated heterocycles. The summed E-state index contributed by atoms with van der Waals surface area (Å²) in [5.74, 6) is 0.509. The van der Waals surface area contributed by atoms with Crippen LogP contribution in [0.25, 0.3) is 0 Å². The molecule has 1 aliphatic heterocycles. The lowest BCUT2D eigenvalue weighted by molar-refractivity contribution is -0.136.